The number of aromatic hydroxyl groups is 2. The van der Waals surface area contributed by atoms with E-state index in [4.69, 9.17) is 4.74 Å². The maximum atomic E-state index is 14.3. The van der Waals surface area contributed by atoms with Gasteiger partial charge in [0.2, 0.25) is 0 Å². The van der Waals surface area contributed by atoms with E-state index in [1.165, 1.54) is 0 Å². The minimum absolute atomic E-state index is 0.00388. The molecule has 1 fully saturated rings. The number of carbonyl (C=O) groups excluding carboxylic acids is 1. The number of benzene rings is 3. The highest BCUT2D eigenvalue weighted by Crippen LogP contribution is 2.41. The number of rotatable bonds is 7. The first-order valence-corrected chi connectivity index (χ1v) is 12.6. The van der Waals surface area contributed by atoms with Crippen LogP contribution in [0.1, 0.15) is 33.1 Å². The molecule has 2 heterocycles. The van der Waals surface area contributed by atoms with Crippen LogP contribution in [0.15, 0.2) is 72.8 Å². The number of nitrogens with zero attached hydrogens (tertiary/aromatic N) is 3. The van der Waals surface area contributed by atoms with Gasteiger partial charge in [0, 0.05) is 48.6 Å². The predicted octanol–water partition coefficient (Wildman–Crippen LogP) is 4.27. The Kier molecular flexibility index (Phi) is 7.17. The van der Waals surface area contributed by atoms with Crippen LogP contribution in [0.3, 0.4) is 0 Å². The molecule has 7 nitrogen and oxygen atoms in total. The molecule has 5 rings (SSSR count). The number of hydrogen-bond acceptors (Lipinski definition) is 5. The van der Waals surface area contributed by atoms with Gasteiger partial charge in [-0.1, -0.05) is 42.5 Å². The monoisotopic (exact) mass is 499 g/mol. The SMILES string of the molecule is CN(C)CCn1c(C(=O)N2CCOCC2)c(C(c2ccc(O)cc2)c2ccc(O)cc2)c2ccccc21. The average Bonchev–Trinajstić information content (AvgIpc) is 3.23. The maximum Gasteiger partial charge on any atom is 0.270 e. The molecule has 2 N–H and O–H groups in total. The molecule has 1 amide bonds. The summed E-state index contributed by atoms with van der Waals surface area (Å²) in [6.07, 6.45) is 0. The van der Waals surface area contributed by atoms with Gasteiger partial charge in [0.05, 0.1) is 13.2 Å². The standard InChI is InChI=1S/C30H33N3O4/c1-31(2)15-16-33-26-6-4-3-5-25(26)28(29(33)30(36)32-17-19-37-20-18-32)27(21-7-11-23(34)12-8-21)22-9-13-24(35)14-10-22/h3-14,27,34-35H,15-20H2,1-2H3. The summed E-state index contributed by atoms with van der Waals surface area (Å²) in [7, 11) is 4.07. The number of hydrogen-bond donors (Lipinski definition) is 2. The number of likely N-dealkylation sites (N-methyl/N-ethyl adjacent to an activating group) is 1. The summed E-state index contributed by atoms with van der Waals surface area (Å²) >= 11 is 0. The third-order valence-electron chi connectivity index (χ3n) is 7.02. The molecule has 1 saturated heterocycles. The molecule has 192 valence electrons. The van der Waals surface area contributed by atoms with Crippen LogP contribution >= 0.6 is 0 Å². The molecule has 4 aromatic rings. The van der Waals surface area contributed by atoms with Crippen LogP contribution in [0.4, 0.5) is 0 Å². The van der Waals surface area contributed by atoms with Crippen molar-refractivity contribution in [2.75, 3.05) is 46.9 Å². The highest BCUT2D eigenvalue weighted by Gasteiger charge is 2.32. The third kappa shape index (κ3) is 5.05. The number of morpholine rings is 1. The second-order valence-corrected chi connectivity index (χ2v) is 9.75. The van der Waals surface area contributed by atoms with E-state index in [0.29, 0.717) is 38.5 Å². The lowest BCUT2D eigenvalue weighted by atomic mass is 9.83. The van der Waals surface area contributed by atoms with E-state index < -0.39 is 0 Å². The molecule has 1 aromatic heterocycles. The van der Waals surface area contributed by atoms with Gasteiger partial charge in [0.1, 0.15) is 17.2 Å². The molecule has 0 bridgehead atoms. The van der Waals surface area contributed by atoms with Crippen LogP contribution in [0.2, 0.25) is 0 Å². The molecule has 1 aliphatic heterocycles. The number of phenols is 2. The molecule has 0 radical (unpaired) electrons. The van der Waals surface area contributed by atoms with E-state index in [1.807, 2.05) is 55.4 Å². The third-order valence-corrected chi connectivity index (χ3v) is 7.02. The number of aromatic nitrogens is 1. The van der Waals surface area contributed by atoms with Crippen molar-refractivity contribution in [3.05, 3.63) is 95.2 Å². The Morgan fingerprint density at radius 2 is 1.46 bits per heavy atom. The summed E-state index contributed by atoms with van der Waals surface area (Å²) in [5.74, 6) is 0.0833. The Morgan fingerprint density at radius 3 is 2.03 bits per heavy atom. The topological polar surface area (TPSA) is 78.2 Å². The van der Waals surface area contributed by atoms with Crippen LogP contribution < -0.4 is 0 Å². The number of amides is 1. The normalized spacial score (nSPS) is 14.1. The highest BCUT2D eigenvalue weighted by molar-refractivity contribution is 6.03. The summed E-state index contributed by atoms with van der Waals surface area (Å²) in [5.41, 5.74) is 4.53. The first-order chi connectivity index (χ1) is 17.9. The molecule has 0 spiro atoms. The fraction of sp³-hybridized carbons (Fsp3) is 0.300. The minimum atomic E-state index is -0.285. The number of para-hydroxylation sites is 1. The van der Waals surface area contributed by atoms with Crippen LogP contribution in [0, 0.1) is 0 Å². The molecule has 0 saturated carbocycles. The Labute approximate surface area is 217 Å². The number of fused-ring (bicyclic) bond motifs is 1. The lowest BCUT2D eigenvalue weighted by Crippen LogP contribution is -2.42. The zero-order valence-corrected chi connectivity index (χ0v) is 21.3. The van der Waals surface area contributed by atoms with Crippen molar-refractivity contribution in [2.24, 2.45) is 0 Å². The summed E-state index contributed by atoms with van der Waals surface area (Å²) in [4.78, 5) is 18.3. The summed E-state index contributed by atoms with van der Waals surface area (Å²) in [5, 5.41) is 21.0. The van der Waals surface area contributed by atoms with Crippen molar-refractivity contribution < 1.29 is 19.7 Å². The number of ether oxygens (including phenoxy) is 1. The summed E-state index contributed by atoms with van der Waals surface area (Å²) in [6, 6.07) is 22.5. The van der Waals surface area contributed by atoms with Gasteiger partial charge in [-0.05, 0) is 55.6 Å². The molecular formula is C30H33N3O4. The molecule has 0 atom stereocenters. The molecule has 0 aliphatic carbocycles. The Balaban J connectivity index is 1.80. The molecule has 3 aromatic carbocycles. The van der Waals surface area contributed by atoms with Gasteiger partial charge in [0.25, 0.3) is 5.91 Å². The summed E-state index contributed by atoms with van der Waals surface area (Å²) < 4.78 is 7.70. The van der Waals surface area contributed by atoms with E-state index in [-0.39, 0.29) is 23.3 Å². The van der Waals surface area contributed by atoms with Gasteiger partial charge in [-0.2, -0.15) is 0 Å². The van der Waals surface area contributed by atoms with Crippen LogP contribution in [0.25, 0.3) is 10.9 Å². The zero-order valence-electron chi connectivity index (χ0n) is 21.3. The van der Waals surface area contributed by atoms with E-state index in [2.05, 4.69) is 21.6 Å². The first kappa shape index (κ1) is 24.9. The van der Waals surface area contributed by atoms with E-state index in [0.717, 1.165) is 34.1 Å². The quantitative estimate of drug-likeness (QED) is 0.397. The van der Waals surface area contributed by atoms with Crippen molar-refractivity contribution >= 4 is 16.8 Å². The predicted molar refractivity (Wildman–Crippen MR) is 144 cm³/mol. The summed E-state index contributed by atoms with van der Waals surface area (Å²) in [6.45, 7) is 3.60. The fourth-order valence-corrected chi connectivity index (χ4v) is 5.16. The fourth-order valence-electron chi connectivity index (χ4n) is 5.16. The van der Waals surface area contributed by atoms with E-state index >= 15 is 0 Å². The lowest BCUT2D eigenvalue weighted by Gasteiger charge is -2.29. The van der Waals surface area contributed by atoms with Gasteiger partial charge in [0.15, 0.2) is 0 Å². The molecular weight excluding hydrogens is 466 g/mol. The largest absolute Gasteiger partial charge is 0.508 e. The van der Waals surface area contributed by atoms with Gasteiger partial charge < -0.3 is 29.3 Å². The number of phenolic OH excluding ortho intramolecular Hbond substituents is 2. The number of carbonyl (C=O) groups is 1. The van der Waals surface area contributed by atoms with Gasteiger partial charge in [-0.25, -0.2) is 0 Å². The van der Waals surface area contributed by atoms with Crippen LogP contribution in [-0.4, -0.2) is 77.4 Å². The Hall–Kier alpha value is -3.81. The van der Waals surface area contributed by atoms with Gasteiger partial charge in [-0.15, -0.1) is 0 Å². The highest BCUT2D eigenvalue weighted by atomic mass is 16.5. The second-order valence-electron chi connectivity index (χ2n) is 9.75. The zero-order chi connectivity index (χ0) is 25.9. The van der Waals surface area contributed by atoms with Gasteiger partial charge >= 0.3 is 0 Å². The average molecular weight is 500 g/mol. The molecule has 1 aliphatic rings. The van der Waals surface area contributed by atoms with Crippen molar-refractivity contribution in [3.63, 3.8) is 0 Å². The molecule has 7 heteroatoms. The van der Waals surface area contributed by atoms with Crippen molar-refractivity contribution in [1.29, 1.82) is 0 Å². The van der Waals surface area contributed by atoms with E-state index in [1.54, 1.807) is 24.3 Å². The Morgan fingerprint density at radius 1 is 0.892 bits per heavy atom. The minimum Gasteiger partial charge on any atom is -0.508 e. The molecule has 0 unspecified atom stereocenters. The first-order valence-electron chi connectivity index (χ1n) is 12.6. The molecule has 37 heavy (non-hydrogen) atoms. The van der Waals surface area contributed by atoms with E-state index in [9.17, 15) is 15.0 Å². The second kappa shape index (κ2) is 10.7. The lowest BCUT2D eigenvalue weighted by molar-refractivity contribution is 0.0295. The van der Waals surface area contributed by atoms with Gasteiger partial charge in [-0.3, -0.25) is 4.79 Å². The van der Waals surface area contributed by atoms with Crippen LogP contribution in [-0.2, 0) is 11.3 Å². The van der Waals surface area contributed by atoms with Crippen molar-refractivity contribution in [3.8, 4) is 11.5 Å². The smallest absolute Gasteiger partial charge is 0.270 e. The van der Waals surface area contributed by atoms with Crippen LogP contribution in [0.5, 0.6) is 11.5 Å². The Bertz CT molecular complexity index is 1330. The van der Waals surface area contributed by atoms with Crippen molar-refractivity contribution in [2.45, 2.75) is 12.5 Å². The maximum absolute atomic E-state index is 14.3. The van der Waals surface area contributed by atoms with Crippen molar-refractivity contribution in [1.82, 2.24) is 14.4 Å².